The van der Waals surface area contributed by atoms with Crippen molar-refractivity contribution >= 4 is 5.97 Å². The normalized spacial score (nSPS) is 10.6. The summed E-state index contributed by atoms with van der Waals surface area (Å²) in [6.45, 7) is 3.14. The zero-order valence-electron chi connectivity index (χ0n) is 11.3. The third kappa shape index (κ3) is 2.35. The summed E-state index contributed by atoms with van der Waals surface area (Å²) < 4.78 is 1.36. The van der Waals surface area contributed by atoms with Gasteiger partial charge in [0, 0.05) is 17.4 Å². The SMILES string of the molecule is Cc1cc(=O)n(-c2ccc(CO)cc2)c(C)c1C(=O)O. The first-order valence-corrected chi connectivity index (χ1v) is 6.12. The van der Waals surface area contributed by atoms with E-state index in [1.807, 2.05) is 0 Å². The molecule has 0 saturated carbocycles. The lowest BCUT2D eigenvalue weighted by Crippen LogP contribution is -2.24. The Kier molecular flexibility index (Phi) is 3.72. The minimum atomic E-state index is -1.05. The second kappa shape index (κ2) is 5.30. The summed E-state index contributed by atoms with van der Waals surface area (Å²) in [7, 11) is 0. The van der Waals surface area contributed by atoms with Crippen LogP contribution in [0.3, 0.4) is 0 Å². The molecular formula is C15H15NO4. The molecule has 5 nitrogen and oxygen atoms in total. The predicted molar refractivity (Wildman–Crippen MR) is 74.4 cm³/mol. The Bertz CT molecular complexity index is 714. The van der Waals surface area contributed by atoms with Crippen LogP contribution in [0, 0.1) is 13.8 Å². The van der Waals surface area contributed by atoms with Gasteiger partial charge in [0.2, 0.25) is 0 Å². The first-order chi connectivity index (χ1) is 9.45. The maximum absolute atomic E-state index is 12.1. The van der Waals surface area contributed by atoms with E-state index in [0.29, 0.717) is 16.9 Å². The molecule has 0 saturated heterocycles. The van der Waals surface area contributed by atoms with Gasteiger partial charge in [0.25, 0.3) is 5.56 Å². The second-order valence-corrected chi connectivity index (χ2v) is 4.59. The van der Waals surface area contributed by atoms with Crippen molar-refractivity contribution in [2.24, 2.45) is 0 Å². The Labute approximate surface area is 115 Å². The Morgan fingerprint density at radius 3 is 2.30 bits per heavy atom. The van der Waals surface area contributed by atoms with Crippen molar-refractivity contribution in [3.05, 3.63) is 63.1 Å². The van der Waals surface area contributed by atoms with E-state index in [9.17, 15) is 14.7 Å². The van der Waals surface area contributed by atoms with Crippen LogP contribution in [0.4, 0.5) is 0 Å². The van der Waals surface area contributed by atoms with E-state index in [1.54, 1.807) is 38.1 Å². The predicted octanol–water partition coefficient (Wildman–Crippen LogP) is 1.64. The Morgan fingerprint density at radius 2 is 1.80 bits per heavy atom. The summed E-state index contributed by atoms with van der Waals surface area (Å²) in [6.07, 6.45) is 0. The lowest BCUT2D eigenvalue weighted by atomic mass is 10.1. The van der Waals surface area contributed by atoms with Crippen molar-refractivity contribution in [3.8, 4) is 5.69 Å². The van der Waals surface area contributed by atoms with Gasteiger partial charge in [-0.25, -0.2) is 4.79 Å². The molecule has 0 bridgehead atoms. The zero-order valence-corrected chi connectivity index (χ0v) is 11.3. The van der Waals surface area contributed by atoms with Gasteiger partial charge in [-0.1, -0.05) is 12.1 Å². The van der Waals surface area contributed by atoms with Crippen LogP contribution >= 0.6 is 0 Å². The van der Waals surface area contributed by atoms with Crippen LogP contribution in [-0.4, -0.2) is 20.7 Å². The third-order valence-corrected chi connectivity index (χ3v) is 3.24. The first kappa shape index (κ1) is 14.0. The van der Waals surface area contributed by atoms with Crippen molar-refractivity contribution in [1.29, 1.82) is 0 Å². The van der Waals surface area contributed by atoms with Gasteiger partial charge in [0.05, 0.1) is 12.2 Å². The standard InChI is InChI=1S/C15H15NO4/c1-9-7-13(18)16(10(2)14(9)15(19)20)12-5-3-11(8-17)4-6-12/h3-7,17H,8H2,1-2H3,(H,19,20). The molecule has 0 amide bonds. The molecule has 0 aliphatic rings. The molecule has 5 heteroatoms. The number of pyridine rings is 1. The van der Waals surface area contributed by atoms with Crippen LogP contribution < -0.4 is 5.56 Å². The highest BCUT2D eigenvalue weighted by atomic mass is 16.4. The molecule has 0 radical (unpaired) electrons. The van der Waals surface area contributed by atoms with Crippen LogP contribution in [-0.2, 0) is 6.61 Å². The summed E-state index contributed by atoms with van der Waals surface area (Å²) in [5.74, 6) is -1.05. The molecule has 0 fully saturated rings. The van der Waals surface area contributed by atoms with Crippen molar-refractivity contribution in [2.75, 3.05) is 0 Å². The Morgan fingerprint density at radius 1 is 1.20 bits per heavy atom. The molecule has 0 aliphatic heterocycles. The number of nitrogens with zero attached hydrogens (tertiary/aromatic N) is 1. The van der Waals surface area contributed by atoms with Crippen LogP contribution in [0.2, 0.25) is 0 Å². The topological polar surface area (TPSA) is 79.5 Å². The molecule has 0 spiro atoms. The van der Waals surface area contributed by atoms with Gasteiger partial charge in [-0.2, -0.15) is 0 Å². The molecule has 0 aliphatic carbocycles. The highest BCUT2D eigenvalue weighted by Crippen LogP contribution is 2.16. The minimum absolute atomic E-state index is 0.0809. The molecule has 0 unspecified atom stereocenters. The van der Waals surface area contributed by atoms with Crippen molar-refractivity contribution < 1.29 is 15.0 Å². The van der Waals surface area contributed by atoms with E-state index in [1.165, 1.54) is 10.6 Å². The van der Waals surface area contributed by atoms with Crippen LogP contribution in [0.25, 0.3) is 5.69 Å². The van der Waals surface area contributed by atoms with Crippen LogP contribution in [0.5, 0.6) is 0 Å². The van der Waals surface area contributed by atoms with Gasteiger partial charge in [0.15, 0.2) is 0 Å². The zero-order chi connectivity index (χ0) is 14.9. The van der Waals surface area contributed by atoms with Gasteiger partial charge < -0.3 is 10.2 Å². The van der Waals surface area contributed by atoms with E-state index >= 15 is 0 Å². The van der Waals surface area contributed by atoms with Gasteiger partial charge >= 0.3 is 5.97 Å². The Hall–Kier alpha value is -2.40. The number of rotatable bonds is 3. The fourth-order valence-electron chi connectivity index (χ4n) is 2.28. The maximum atomic E-state index is 12.1. The number of carboxylic acids is 1. The molecule has 2 N–H and O–H groups in total. The van der Waals surface area contributed by atoms with E-state index in [4.69, 9.17) is 5.11 Å². The second-order valence-electron chi connectivity index (χ2n) is 4.59. The van der Waals surface area contributed by atoms with Gasteiger partial charge in [-0.05, 0) is 37.1 Å². The van der Waals surface area contributed by atoms with Crippen molar-refractivity contribution in [1.82, 2.24) is 4.57 Å². The van der Waals surface area contributed by atoms with Gasteiger partial charge in [-0.15, -0.1) is 0 Å². The number of aryl methyl sites for hydroxylation is 1. The van der Waals surface area contributed by atoms with E-state index in [2.05, 4.69) is 0 Å². The smallest absolute Gasteiger partial charge is 0.337 e. The number of aromatic nitrogens is 1. The lowest BCUT2D eigenvalue weighted by molar-refractivity contribution is 0.0694. The third-order valence-electron chi connectivity index (χ3n) is 3.24. The average Bonchev–Trinajstić information content (AvgIpc) is 2.38. The fourth-order valence-corrected chi connectivity index (χ4v) is 2.28. The Balaban J connectivity index is 2.70. The quantitative estimate of drug-likeness (QED) is 0.891. The first-order valence-electron chi connectivity index (χ1n) is 6.12. The number of carboxylic acid groups (broad SMARTS) is 1. The number of aromatic carboxylic acids is 1. The molecule has 1 aromatic carbocycles. The number of aliphatic hydroxyl groups is 1. The molecule has 1 aromatic heterocycles. The molecular weight excluding hydrogens is 258 g/mol. The summed E-state index contributed by atoms with van der Waals surface area (Å²) in [5.41, 5.74) is 2.00. The van der Waals surface area contributed by atoms with E-state index in [-0.39, 0.29) is 17.7 Å². The minimum Gasteiger partial charge on any atom is -0.478 e. The number of benzene rings is 1. The highest BCUT2D eigenvalue weighted by Gasteiger charge is 2.16. The molecule has 1 heterocycles. The van der Waals surface area contributed by atoms with Crippen LogP contribution in [0.15, 0.2) is 35.1 Å². The number of aliphatic hydroxyl groups excluding tert-OH is 1. The van der Waals surface area contributed by atoms with E-state index in [0.717, 1.165) is 5.56 Å². The van der Waals surface area contributed by atoms with Crippen molar-refractivity contribution in [2.45, 2.75) is 20.5 Å². The van der Waals surface area contributed by atoms with Gasteiger partial charge in [-0.3, -0.25) is 9.36 Å². The molecule has 0 atom stereocenters. The summed E-state index contributed by atoms with van der Waals surface area (Å²) >= 11 is 0. The van der Waals surface area contributed by atoms with Crippen LogP contribution in [0.1, 0.15) is 27.2 Å². The number of hydrogen-bond acceptors (Lipinski definition) is 3. The highest BCUT2D eigenvalue weighted by molar-refractivity contribution is 5.90. The summed E-state index contributed by atoms with van der Waals surface area (Å²) in [4.78, 5) is 23.4. The molecule has 20 heavy (non-hydrogen) atoms. The number of hydrogen-bond donors (Lipinski definition) is 2. The fraction of sp³-hybridized carbons (Fsp3) is 0.200. The molecule has 104 valence electrons. The lowest BCUT2D eigenvalue weighted by Gasteiger charge is -2.14. The monoisotopic (exact) mass is 273 g/mol. The maximum Gasteiger partial charge on any atom is 0.337 e. The largest absolute Gasteiger partial charge is 0.478 e. The van der Waals surface area contributed by atoms with Crippen molar-refractivity contribution in [3.63, 3.8) is 0 Å². The number of carbonyl (C=O) groups is 1. The molecule has 2 rings (SSSR count). The van der Waals surface area contributed by atoms with Gasteiger partial charge in [0.1, 0.15) is 0 Å². The summed E-state index contributed by atoms with van der Waals surface area (Å²) in [6, 6.07) is 8.07. The molecule has 2 aromatic rings. The summed E-state index contributed by atoms with van der Waals surface area (Å²) in [5, 5.41) is 18.3. The average molecular weight is 273 g/mol. The van der Waals surface area contributed by atoms with E-state index < -0.39 is 5.97 Å².